The van der Waals surface area contributed by atoms with Crippen molar-refractivity contribution in [1.82, 2.24) is 0 Å². The van der Waals surface area contributed by atoms with Gasteiger partial charge in [0.1, 0.15) is 5.84 Å². The number of carbonyl (C=O) groups excluding carboxylic acids is 1. The molecular weight excluding hydrogens is 154 g/mol. The highest BCUT2D eigenvalue weighted by Gasteiger charge is 1.96. The van der Waals surface area contributed by atoms with E-state index >= 15 is 0 Å². The Hall–Kier alpha value is -1.84. The Morgan fingerprint density at radius 1 is 1.58 bits per heavy atom. The molecule has 0 heterocycles. The lowest BCUT2D eigenvalue weighted by molar-refractivity contribution is -0.105. The zero-order chi connectivity index (χ0) is 8.97. The van der Waals surface area contributed by atoms with Gasteiger partial charge in [-0.3, -0.25) is 10.2 Å². The van der Waals surface area contributed by atoms with E-state index < -0.39 is 0 Å². The molecule has 1 rings (SSSR count). The van der Waals surface area contributed by atoms with Gasteiger partial charge < -0.3 is 11.1 Å². The van der Waals surface area contributed by atoms with Gasteiger partial charge in [-0.25, -0.2) is 0 Å². The molecule has 4 N–H and O–H groups in total. The highest BCUT2D eigenvalue weighted by atomic mass is 16.1. The maximum Gasteiger partial charge on any atom is 0.211 e. The van der Waals surface area contributed by atoms with Crippen LogP contribution in [0.4, 0.5) is 5.69 Å². The molecule has 0 aliphatic carbocycles. The van der Waals surface area contributed by atoms with Gasteiger partial charge in [0.15, 0.2) is 0 Å². The van der Waals surface area contributed by atoms with E-state index in [-0.39, 0.29) is 5.84 Å². The number of nitrogens with two attached hydrogens (primary N) is 1. The van der Waals surface area contributed by atoms with Crippen LogP contribution in [0.3, 0.4) is 0 Å². The zero-order valence-corrected chi connectivity index (χ0v) is 6.37. The Kier molecular flexibility index (Phi) is 2.42. The molecule has 0 aliphatic rings. The second kappa shape index (κ2) is 3.52. The quantitative estimate of drug-likeness (QED) is 0.345. The number of hydrogen-bond donors (Lipinski definition) is 3. The maximum atomic E-state index is 10.1. The summed E-state index contributed by atoms with van der Waals surface area (Å²) in [7, 11) is 0. The van der Waals surface area contributed by atoms with E-state index in [1.54, 1.807) is 24.3 Å². The Morgan fingerprint density at radius 3 is 2.92 bits per heavy atom. The molecule has 0 saturated heterocycles. The third-order valence-corrected chi connectivity index (χ3v) is 1.40. The molecule has 0 atom stereocenters. The third kappa shape index (κ3) is 1.82. The van der Waals surface area contributed by atoms with Crippen molar-refractivity contribution in [3.63, 3.8) is 0 Å². The van der Waals surface area contributed by atoms with Gasteiger partial charge >= 0.3 is 0 Å². The monoisotopic (exact) mass is 163 g/mol. The van der Waals surface area contributed by atoms with Crippen LogP contribution in [0.25, 0.3) is 0 Å². The number of nitrogen functional groups attached to an aromatic ring is 1. The van der Waals surface area contributed by atoms with Gasteiger partial charge in [0.05, 0.1) is 0 Å². The molecule has 0 spiro atoms. The van der Waals surface area contributed by atoms with Crippen LogP contribution in [0.2, 0.25) is 0 Å². The van der Waals surface area contributed by atoms with Gasteiger partial charge in [-0.2, -0.15) is 0 Å². The summed E-state index contributed by atoms with van der Waals surface area (Å²) in [5, 5.41) is 9.60. The third-order valence-electron chi connectivity index (χ3n) is 1.40. The molecule has 0 saturated carbocycles. The normalized spacial score (nSPS) is 9.00. The highest BCUT2D eigenvalue weighted by Crippen LogP contribution is 2.08. The van der Waals surface area contributed by atoms with Crippen LogP contribution >= 0.6 is 0 Å². The zero-order valence-electron chi connectivity index (χ0n) is 6.37. The van der Waals surface area contributed by atoms with Gasteiger partial charge in [0, 0.05) is 11.3 Å². The lowest BCUT2D eigenvalue weighted by Gasteiger charge is -2.01. The first-order chi connectivity index (χ1) is 5.74. The van der Waals surface area contributed by atoms with Crippen LogP contribution in [-0.2, 0) is 4.79 Å². The van der Waals surface area contributed by atoms with Gasteiger partial charge in [-0.15, -0.1) is 0 Å². The summed E-state index contributed by atoms with van der Waals surface area (Å²) in [6.45, 7) is 0. The molecule has 1 amide bonds. The molecule has 0 aliphatic heterocycles. The van der Waals surface area contributed by atoms with Crippen LogP contribution in [0.15, 0.2) is 24.3 Å². The molecule has 0 bridgehead atoms. The van der Waals surface area contributed by atoms with Gasteiger partial charge in [-0.1, -0.05) is 12.1 Å². The van der Waals surface area contributed by atoms with Crippen LogP contribution < -0.4 is 11.1 Å². The predicted octanol–water partition coefficient (Wildman–Crippen LogP) is 0.539. The van der Waals surface area contributed by atoms with E-state index in [0.29, 0.717) is 17.7 Å². The molecular formula is C8H9N3O. The topological polar surface area (TPSA) is 79.0 Å². The fourth-order valence-electron chi connectivity index (χ4n) is 0.845. The minimum Gasteiger partial charge on any atom is -0.384 e. The first-order valence-corrected chi connectivity index (χ1v) is 3.38. The molecule has 0 unspecified atom stereocenters. The lowest BCUT2D eigenvalue weighted by atomic mass is 10.2. The molecule has 1 aromatic carbocycles. The number of hydrogen-bond acceptors (Lipinski definition) is 2. The fourth-order valence-corrected chi connectivity index (χ4v) is 0.845. The van der Waals surface area contributed by atoms with Crippen molar-refractivity contribution in [1.29, 1.82) is 5.41 Å². The summed E-state index contributed by atoms with van der Waals surface area (Å²) in [6.07, 6.45) is 0.583. The summed E-state index contributed by atoms with van der Waals surface area (Å²) in [5.41, 5.74) is 6.48. The first kappa shape index (κ1) is 8.26. The number of anilines is 1. The average molecular weight is 163 g/mol. The van der Waals surface area contributed by atoms with Gasteiger partial charge in [0.25, 0.3) is 0 Å². The summed E-state index contributed by atoms with van der Waals surface area (Å²) in [4.78, 5) is 10.1. The Labute approximate surface area is 69.9 Å². The number of nitrogens with one attached hydrogen (secondary N) is 2. The smallest absolute Gasteiger partial charge is 0.211 e. The second-order valence-corrected chi connectivity index (χ2v) is 2.26. The van der Waals surface area contributed by atoms with E-state index in [0.717, 1.165) is 0 Å². The van der Waals surface area contributed by atoms with Crippen molar-refractivity contribution in [2.75, 3.05) is 5.32 Å². The van der Waals surface area contributed by atoms with E-state index in [2.05, 4.69) is 5.32 Å². The number of amidine groups is 1. The minimum absolute atomic E-state index is 0.00968. The Morgan fingerprint density at radius 2 is 2.33 bits per heavy atom. The molecule has 1 aromatic rings. The highest BCUT2D eigenvalue weighted by molar-refractivity contribution is 5.96. The Bertz CT molecular complexity index is 309. The van der Waals surface area contributed by atoms with Crippen molar-refractivity contribution in [2.45, 2.75) is 0 Å². The van der Waals surface area contributed by atoms with Gasteiger partial charge in [-0.05, 0) is 12.1 Å². The van der Waals surface area contributed by atoms with Crippen LogP contribution in [-0.4, -0.2) is 12.2 Å². The Balaban J connectivity index is 2.95. The number of carbonyl (C=O) groups is 1. The summed E-state index contributed by atoms with van der Waals surface area (Å²) in [5.74, 6) is -0.00968. The van der Waals surface area contributed by atoms with E-state index in [1.165, 1.54) is 0 Å². The fraction of sp³-hybridized carbons (Fsp3) is 0. The first-order valence-electron chi connectivity index (χ1n) is 3.38. The molecule has 0 fully saturated rings. The van der Waals surface area contributed by atoms with Crippen molar-refractivity contribution in [3.8, 4) is 0 Å². The van der Waals surface area contributed by atoms with Crippen LogP contribution in [0, 0.1) is 5.41 Å². The number of rotatable bonds is 3. The number of benzene rings is 1. The maximum absolute atomic E-state index is 10.1. The molecule has 12 heavy (non-hydrogen) atoms. The van der Waals surface area contributed by atoms with E-state index in [1.807, 2.05) is 0 Å². The largest absolute Gasteiger partial charge is 0.384 e. The van der Waals surface area contributed by atoms with Crippen molar-refractivity contribution in [3.05, 3.63) is 29.8 Å². The number of amides is 1. The van der Waals surface area contributed by atoms with E-state index in [9.17, 15) is 4.79 Å². The molecule has 4 heteroatoms. The van der Waals surface area contributed by atoms with E-state index in [4.69, 9.17) is 11.1 Å². The lowest BCUT2D eigenvalue weighted by Crippen LogP contribution is -2.11. The van der Waals surface area contributed by atoms with Crippen molar-refractivity contribution < 1.29 is 4.79 Å². The standard InChI is InChI=1S/C8H9N3O/c9-8(10)6-2-1-3-7(4-6)11-5-12/h1-5H,(H3,9,10)(H,11,12). The molecule has 0 radical (unpaired) electrons. The summed E-state index contributed by atoms with van der Waals surface area (Å²) >= 11 is 0. The summed E-state index contributed by atoms with van der Waals surface area (Å²) < 4.78 is 0. The molecule has 62 valence electrons. The van der Waals surface area contributed by atoms with Crippen molar-refractivity contribution >= 4 is 17.9 Å². The van der Waals surface area contributed by atoms with Crippen LogP contribution in [0.5, 0.6) is 0 Å². The van der Waals surface area contributed by atoms with Crippen molar-refractivity contribution in [2.24, 2.45) is 5.73 Å². The summed E-state index contributed by atoms with van der Waals surface area (Å²) in [6, 6.07) is 6.79. The second-order valence-electron chi connectivity index (χ2n) is 2.26. The van der Waals surface area contributed by atoms with Crippen LogP contribution in [0.1, 0.15) is 5.56 Å². The SMILES string of the molecule is N=C(N)c1cccc(NC=O)c1. The average Bonchev–Trinajstić information content (AvgIpc) is 2.05. The minimum atomic E-state index is -0.00968. The molecule has 0 aromatic heterocycles. The predicted molar refractivity (Wildman–Crippen MR) is 47.1 cm³/mol. The van der Waals surface area contributed by atoms with Gasteiger partial charge in [0.2, 0.25) is 6.41 Å². The molecule has 4 nitrogen and oxygen atoms in total.